The predicted octanol–water partition coefficient (Wildman–Crippen LogP) is 6.62. The van der Waals surface area contributed by atoms with Gasteiger partial charge in [0.2, 0.25) is 0 Å². The van der Waals surface area contributed by atoms with E-state index < -0.39 is 18.4 Å². The van der Waals surface area contributed by atoms with Crippen LogP contribution in [0.2, 0.25) is 13.3 Å². The second kappa shape index (κ2) is 11.2. The van der Waals surface area contributed by atoms with Gasteiger partial charge in [-0.25, -0.2) is 0 Å². The number of unbranched alkanes of at least 4 members (excludes halogenated alkanes) is 3. The van der Waals surface area contributed by atoms with Crippen LogP contribution in [0.4, 0.5) is 4.39 Å². The molecule has 3 heteroatoms. The van der Waals surface area contributed by atoms with Crippen LogP contribution in [0.15, 0.2) is 22.4 Å². The van der Waals surface area contributed by atoms with Gasteiger partial charge in [0, 0.05) is 0 Å². The number of aromatic nitrogens is 1. The van der Waals surface area contributed by atoms with Crippen LogP contribution in [0.3, 0.4) is 0 Å². The Labute approximate surface area is 140 Å². The third kappa shape index (κ3) is 6.80. The summed E-state index contributed by atoms with van der Waals surface area (Å²) < 4.78 is 20.5. The van der Waals surface area contributed by atoms with E-state index in [1.165, 1.54) is 58.0 Å². The summed E-state index contributed by atoms with van der Waals surface area (Å²) in [5.41, 5.74) is 0.660. The third-order valence-corrected chi connectivity index (χ3v) is 18.5. The summed E-state index contributed by atoms with van der Waals surface area (Å²) in [6, 6.07) is 3.67. The molecule has 0 aromatic carbocycles. The van der Waals surface area contributed by atoms with E-state index in [4.69, 9.17) is 0 Å². The molecule has 1 nitrogen and oxygen atoms in total. The number of hydrogen-bond donors (Lipinski definition) is 0. The first-order valence-electron chi connectivity index (χ1n) is 8.97. The molecule has 22 heavy (non-hydrogen) atoms. The molecule has 0 fully saturated rings. The number of pyridine rings is 1. The molecule has 0 aliphatic carbocycles. The van der Waals surface area contributed by atoms with E-state index in [2.05, 4.69) is 35.9 Å². The van der Waals surface area contributed by atoms with Crippen molar-refractivity contribution in [1.82, 2.24) is 4.98 Å². The fourth-order valence-corrected chi connectivity index (χ4v) is 17.1. The summed E-state index contributed by atoms with van der Waals surface area (Å²) in [5, 5.41) is 0. The summed E-state index contributed by atoms with van der Waals surface area (Å²) in [6.07, 6.45) is 11.4. The average molecular weight is 412 g/mol. The molecule has 1 rings (SSSR count). The Morgan fingerprint density at radius 2 is 1.55 bits per heavy atom. The first-order valence-corrected chi connectivity index (χ1v) is 16.7. The van der Waals surface area contributed by atoms with Gasteiger partial charge in [0.05, 0.1) is 0 Å². The SMILES string of the molecule is CCC[CH2][Sn](/[CH]=C\c1cccnc1F)([CH2]CCC)[CH2]CCC. The molecule has 0 amide bonds. The van der Waals surface area contributed by atoms with Crippen molar-refractivity contribution in [2.45, 2.75) is 72.6 Å². The molecule has 0 aliphatic rings. The van der Waals surface area contributed by atoms with Crippen molar-refractivity contribution in [3.05, 3.63) is 33.9 Å². The summed E-state index contributed by atoms with van der Waals surface area (Å²) in [6.45, 7) is 6.84. The number of rotatable bonds is 11. The molecule has 0 atom stereocenters. The first-order chi connectivity index (χ1) is 10.7. The Hall–Kier alpha value is -0.381. The Morgan fingerprint density at radius 3 is 2.00 bits per heavy atom. The Balaban J connectivity index is 2.96. The molecule has 1 aromatic rings. The van der Waals surface area contributed by atoms with Gasteiger partial charge in [-0.05, 0) is 0 Å². The van der Waals surface area contributed by atoms with E-state index in [0.717, 1.165) is 0 Å². The molecule has 124 valence electrons. The molecule has 0 spiro atoms. The third-order valence-electron chi connectivity index (χ3n) is 4.49. The average Bonchev–Trinajstić information content (AvgIpc) is 2.55. The van der Waals surface area contributed by atoms with Gasteiger partial charge < -0.3 is 0 Å². The van der Waals surface area contributed by atoms with Gasteiger partial charge in [-0.3, -0.25) is 0 Å². The minimum absolute atomic E-state index is 0.333. The van der Waals surface area contributed by atoms with Gasteiger partial charge in [-0.1, -0.05) is 0 Å². The van der Waals surface area contributed by atoms with Crippen molar-refractivity contribution in [3.8, 4) is 0 Å². The molecule has 0 saturated heterocycles. The van der Waals surface area contributed by atoms with Gasteiger partial charge in [0.1, 0.15) is 0 Å². The van der Waals surface area contributed by atoms with E-state index in [9.17, 15) is 4.39 Å². The van der Waals surface area contributed by atoms with Crippen LogP contribution >= 0.6 is 0 Å². The zero-order valence-corrected chi connectivity index (χ0v) is 17.4. The fraction of sp³-hybridized carbons (Fsp3) is 0.632. The minimum atomic E-state index is -2.29. The molecule has 0 N–H and O–H groups in total. The summed E-state index contributed by atoms with van der Waals surface area (Å²) in [4.78, 5) is 3.77. The summed E-state index contributed by atoms with van der Waals surface area (Å²) in [7, 11) is 0. The molecule has 0 aliphatic heterocycles. The van der Waals surface area contributed by atoms with Crippen molar-refractivity contribution in [2.24, 2.45) is 0 Å². The second-order valence-electron chi connectivity index (χ2n) is 6.39. The van der Waals surface area contributed by atoms with Crippen LogP contribution < -0.4 is 0 Å². The number of nitrogens with zero attached hydrogens (tertiary/aromatic N) is 1. The fourth-order valence-electron chi connectivity index (χ4n) is 3.00. The quantitative estimate of drug-likeness (QED) is 0.294. The van der Waals surface area contributed by atoms with Crippen LogP contribution in [0, 0.1) is 5.95 Å². The first kappa shape index (κ1) is 19.7. The Bertz CT molecular complexity index is 423. The van der Waals surface area contributed by atoms with Gasteiger partial charge in [-0.15, -0.1) is 0 Å². The second-order valence-corrected chi connectivity index (χ2v) is 19.4. The molecule has 1 aromatic heterocycles. The van der Waals surface area contributed by atoms with Crippen molar-refractivity contribution >= 4 is 24.5 Å². The maximum absolute atomic E-state index is 13.8. The normalized spacial score (nSPS) is 12.2. The van der Waals surface area contributed by atoms with Gasteiger partial charge >= 0.3 is 140 Å². The molecule has 1 heterocycles. The van der Waals surface area contributed by atoms with Crippen molar-refractivity contribution in [2.75, 3.05) is 0 Å². The van der Waals surface area contributed by atoms with Crippen molar-refractivity contribution < 1.29 is 4.39 Å². The van der Waals surface area contributed by atoms with Crippen molar-refractivity contribution in [1.29, 1.82) is 0 Å². The monoisotopic (exact) mass is 413 g/mol. The molecule has 0 saturated carbocycles. The summed E-state index contributed by atoms with van der Waals surface area (Å²) >= 11 is -2.29. The Kier molecular flexibility index (Phi) is 10.0. The molecule has 0 bridgehead atoms. The van der Waals surface area contributed by atoms with Crippen LogP contribution in [0.1, 0.15) is 64.9 Å². The molecule has 0 radical (unpaired) electrons. The van der Waals surface area contributed by atoms with E-state index in [1.54, 1.807) is 0 Å². The predicted molar refractivity (Wildman–Crippen MR) is 98.1 cm³/mol. The topological polar surface area (TPSA) is 12.9 Å². The zero-order valence-electron chi connectivity index (χ0n) is 14.6. The van der Waals surface area contributed by atoms with Crippen molar-refractivity contribution in [3.63, 3.8) is 0 Å². The molecule has 0 unspecified atom stereocenters. The van der Waals surface area contributed by atoms with E-state index in [1.807, 2.05) is 12.1 Å². The van der Waals surface area contributed by atoms with Gasteiger partial charge in [0.25, 0.3) is 0 Å². The van der Waals surface area contributed by atoms with E-state index >= 15 is 0 Å². The standard InChI is InChI=1S/C7H5FN.3C4H9.Sn/c1-2-6-4-3-5-9-7(6)8;3*1-3-4-2;/h1-5H;3*1,3-4H2,2H3;. The van der Waals surface area contributed by atoms with E-state index in [0.29, 0.717) is 5.56 Å². The zero-order chi connectivity index (χ0) is 16.3. The molecular weight excluding hydrogens is 380 g/mol. The van der Waals surface area contributed by atoms with Crippen LogP contribution in [-0.2, 0) is 0 Å². The van der Waals surface area contributed by atoms with Crippen LogP contribution in [0.5, 0.6) is 0 Å². The summed E-state index contributed by atoms with van der Waals surface area (Å²) in [5.74, 6) is -0.333. The number of halogens is 1. The van der Waals surface area contributed by atoms with Crippen LogP contribution in [0.25, 0.3) is 6.08 Å². The number of hydrogen-bond acceptors (Lipinski definition) is 1. The van der Waals surface area contributed by atoms with Gasteiger partial charge in [-0.2, -0.15) is 0 Å². The van der Waals surface area contributed by atoms with Gasteiger partial charge in [0.15, 0.2) is 0 Å². The maximum atomic E-state index is 13.8. The van der Waals surface area contributed by atoms with Crippen LogP contribution in [-0.4, -0.2) is 23.4 Å². The van der Waals surface area contributed by atoms with E-state index in [-0.39, 0.29) is 5.95 Å². The Morgan fingerprint density at radius 1 is 1.00 bits per heavy atom. The molecular formula is C19H32FNSn.